The van der Waals surface area contributed by atoms with Crippen LogP contribution in [0.25, 0.3) is 50.7 Å². The molecule has 0 amide bonds. The van der Waals surface area contributed by atoms with Gasteiger partial charge in [-0.25, -0.2) is 8.78 Å². The summed E-state index contributed by atoms with van der Waals surface area (Å²) < 4.78 is 47.9. The number of nitrogens with zero attached hydrogens (tertiary/aromatic N) is 2. The monoisotopic (exact) mass is 772 g/mol. The van der Waals surface area contributed by atoms with Gasteiger partial charge in [0.05, 0.1) is 39.8 Å². The third kappa shape index (κ3) is 5.73. The molecule has 5 heterocycles. The van der Waals surface area contributed by atoms with E-state index < -0.39 is 11.6 Å². The number of hydrogen-bond donors (Lipinski definition) is 0. The molecular formula is C30H28Br2F2N2S5. The van der Waals surface area contributed by atoms with Crippen molar-refractivity contribution in [3.63, 3.8) is 0 Å². The van der Waals surface area contributed by atoms with Gasteiger partial charge in [0, 0.05) is 19.2 Å². The summed E-state index contributed by atoms with van der Waals surface area (Å²) in [5, 5.41) is 0. The number of fused-ring (bicyclic) bond motifs is 3. The van der Waals surface area contributed by atoms with Crippen molar-refractivity contribution in [1.82, 2.24) is 8.75 Å². The average Bonchev–Trinajstić information content (AvgIpc) is 3.75. The van der Waals surface area contributed by atoms with Crippen LogP contribution in [-0.2, 0) is 12.8 Å². The van der Waals surface area contributed by atoms with Crippen molar-refractivity contribution in [3.05, 3.63) is 42.5 Å². The van der Waals surface area contributed by atoms with Crippen molar-refractivity contribution in [1.29, 1.82) is 0 Å². The van der Waals surface area contributed by atoms with E-state index in [2.05, 4.69) is 54.5 Å². The van der Waals surface area contributed by atoms with Crippen molar-refractivity contribution < 1.29 is 8.78 Å². The number of hydrogen-bond acceptors (Lipinski definition) is 7. The Hall–Kier alpha value is -0.820. The van der Waals surface area contributed by atoms with Crippen LogP contribution in [0.4, 0.5) is 8.78 Å². The quantitative estimate of drug-likeness (QED) is 0.116. The van der Waals surface area contributed by atoms with E-state index >= 15 is 8.78 Å². The molecule has 0 unspecified atom stereocenters. The molecule has 0 saturated carbocycles. The van der Waals surface area contributed by atoms with Crippen LogP contribution in [0.2, 0.25) is 0 Å². The zero-order valence-electron chi connectivity index (χ0n) is 22.7. The lowest BCUT2D eigenvalue weighted by atomic mass is 10.0. The molecule has 1 aromatic carbocycles. The maximum absolute atomic E-state index is 16.1. The smallest absolute Gasteiger partial charge is 0.170 e. The molecule has 41 heavy (non-hydrogen) atoms. The Bertz CT molecular complexity index is 1710. The maximum atomic E-state index is 16.1. The summed E-state index contributed by atoms with van der Waals surface area (Å²) in [6.07, 6.45) is 11.5. The van der Waals surface area contributed by atoms with E-state index in [-0.39, 0.29) is 11.1 Å². The highest BCUT2D eigenvalue weighted by molar-refractivity contribution is 9.11. The first-order valence-electron chi connectivity index (χ1n) is 14.0. The first-order chi connectivity index (χ1) is 19.9. The molecule has 0 aliphatic heterocycles. The Morgan fingerprint density at radius 2 is 1.07 bits per heavy atom. The highest BCUT2D eigenvalue weighted by Gasteiger charge is 2.28. The Labute approximate surface area is 275 Å². The topological polar surface area (TPSA) is 25.8 Å². The van der Waals surface area contributed by atoms with Gasteiger partial charge >= 0.3 is 0 Å². The summed E-state index contributed by atoms with van der Waals surface area (Å²) >= 11 is 14.9. The fourth-order valence-corrected chi connectivity index (χ4v) is 12.9. The van der Waals surface area contributed by atoms with E-state index in [1.807, 2.05) is 12.1 Å². The van der Waals surface area contributed by atoms with Gasteiger partial charge in [-0.3, -0.25) is 0 Å². The lowest BCUT2D eigenvalue weighted by Gasteiger charge is -2.08. The van der Waals surface area contributed by atoms with Crippen LogP contribution in [0, 0.1) is 11.6 Å². The average molecular weight is 775 g/mol. The highest BCUT2D eigenvalue weighted by atomic mass is 79.9. The van der Waals surface area contributed by atoms with Crippen LogP contribution in [0.3, 0.4) is 0 Å². The first kappa shape index (κ1) is 30.2. The predicted molar refractivity (Wildman–Crippen MR) is 186 cm³/mol. The van der Waals surface area contributed by atoms with Crippen LogP contribution >= 0.6 is 88.9 Å². The second-order valence-electron chi connectivity index (χ2n) is 10.3. The van der Waals surface area contributed by atoms with Gasteiger partial charge < -0.3 is 0 Å². The fourth-order valence-electron chi connectivity index (χ4n) is 5.34. The van der Waals surface area contributed by atoms with Crippen molar-refractivity contribution in [2.75, 3.05) is 0 Å². The number of aryl methyl sites for hydroxylation is 2. The molecule has 11 heteroatoms. The van der Waals surface area contributed by atoms with E-state index in [0.717, 1.165) is 63.8 Å². The van der Waals surface area contributed by atoms with Gasteiger partial charge in [0.15, 0.2) is 11.6 Å². The first-order valence-corrected chi connectivity index (χ1v) is 19.6. The molecule has 5 aromatic heterocycles. The van der Waals surface area contributed by atoms with E-state index in [0.29, 0.717) is 20.8 Å². The van der Waals surface area contributed by atoms with Gasteiger partial charge in [0.1, 0.15) is 11.0 Å². The van der Waals surface area contributed by atoms with Crippen LogP contribution in [0.15, 0.2) is 19.7 Å². The third-order valence-corrected chi connectivity index (χ3v) is 14.5. The summed E-state index contributed by atoms with van der Waals surface area (Å²) in [5.74, 6) is -1.68. The van der Waals surface area contributed by atoms with Crippen molar-refractivity contribution in [2.45, 2.75) is 78.1 Å². The lowest BCUT2D eigenvalue weighted by molar-refractivity contribution is 0.516. The molecule has 0 spiro atoms. The van der Waals surface area contributed by atoms with Gasteiger partial charge in [-0.05, 0) is 80.8 Å². The van der Waals surface area contributed by atoms with Gasteiger partial charge in [-0.1, -0.05) is 52.4 Å². The predicted octanol–water partition coefficient (Wildman–Crippen LogP) is 13.6. The van der Waals surface area contributed by atoms with Crippen LogP contribution in [-0.4, -0.2) is 8.75 Å². The van der Waals surface area contributed by atoms with Crippen molar-refractivity contribution in [2.24, 2.45) is 0 Å². The summed E-state index contributed by atoms with van der Waals surface area (Å²) in [7, 11) is 0. The number of rotatable bonds is 12. The normalized spacial score (nSPS) is 12.1. The minimum Gasteiger partial charge on any atom is -0.203 e. The standard InChI is InChI=1S/C30H28Br2F2N2S5/c1-3-5-7-9-11-15-27-19(39-29(15)31)13-17(37-27)21-23(33)24(34)22(26-25(21)35-41-36-26)18-14-20-28(38-18)16(30(32)40-20)12-10-8-6-4-2/h13-14H,3-12H2,1-2H3. The molecule has 0 saturated heterocycles. The zero-order valence-corrected chi connectivity index (χ0v) is 29.9. The van der Waals surface area contributed by atoms with E-state index in [9.17, 15) is 0 Å². The summed E-state index contributed by atoms with van der Waals surface area (Å²) in [6.45, 7) is 4.43. The highest BCUT2D eigenvalue weighted by Crippen LogP contribution is 2.50. The molecule has 0 radical (unpaired) electrons. The minimum absolute atomic E-state index is 0.231. The molecule has 0 atom stereocenters. The molecular weight excluding hydrogens is 746 g/mol. The van der Waals surface area contributed by atoms with Gasteiger partial charge in [0.2, 0.25) is 0 Å². The lowest BCUT2D eigenvalue weighted by Crippen LogP contribution is -1.95. The Balaban J connectivity index is 1.40. The van der Waals surface area contributed by atoms with Crippen molar-refractivity contribution >= 4 is 119 Å². The second-order valence-corrected chi connectivity index (χ2v) is 17.7. The summed E-state index contributed by atoms with van der Waals surface area (Å²) in [5.41, 5.74) is 3.90. The number of benzene rings is 1. The Morgan fingerprint density at radius 3 is 1.49 bits per heavy atom. The third-order valence-electron chi connectivity index (χ3n) is 7.47. The van der Waals surface area contributed by atoms with Gasteiger partial charge in [-0.15, -0.1) is 45.3 Å². The Kier molecular flexibility index (Phi) is 9.61. The number of halogens is 4. The van der Waals surface area contributed by atoms with E-state index in [1.165, 1.54) is 72.3 Å². The largest absolute Gasteiger partial charge is 0.203 e. The number of thiophene rings is 4. The number of aromatic nitrogens is 2. The van der Waals surface area contributed by atoms with E-state index in [1.54, 1.807) is 22.7 Å². The van der Waals surface area contributed by atoms with Crippen LogP contribution in [0.1, 0.15) is 76.3 Å². The van der Waals surface area contributed by atoms with E-state index in [4.69, 9.17) is 0 Å². The second kappa shape index (κ2) is 13.0. The molecule has 6 rings (SSSR count). The summed E-state index contributed by atoms with van der Waals surface area (Å²) in [4.78, 5) is 1.42. The molecule has 0 bridgehead atoms. The van der Waals surface area contributed by atoms with Gasteiger partial charge in [0.25, 0.3) is 0 Å². The molecule has 0 aliphatic rings. The van der Waals surface area contributed by atoms with Crippen LogP contribution in [0.5, 0.6) is 0 Å². The molecule has 6 aromatic rings. The number of unbranched alkanes of at least 4 members (excludes halogenated alkanes) is 6. The minimum atomic E-state index is -0.838. The SMILES string of the molecule is CCCCCCc1c(Br)sc2cc(-c3c(F)c(F)c(-c4cc5sc(Br)c(CCCCCC)c5s4)c4nsnc34)sc12. The maximum Gasteiger partial charge on any atom is 0.170 e. The molecule has 2 nitrogen and oxygen atoms in total. The van der Waals surface area contributed by atoms with Gasteiger partial charge in [-0.2, -0.15) is 8.75 Å². The zero-order chi connectivity index (χ0) is 28.7. The fraction of sp³-hybridized carbons (Fsp3) is 0.400. The molecule has 0 fully saturated rings. The molecule has 216 valence electrons. The molecule has 0 N–H and O–H groups in total. The molecule has 0 aliphatic carbocycles. The van der Waals surface area contributed by atoms with Crippen LogP contribution < -0.4 is 0 Å². The Morgan fingerprint density at radius 1 is 0.634 bits per heavy atom. The summed E-state index contributed by atoms with van der Waals surface area (Å²) in [6, 6.07) is 3.98. The van der Waals surface area contributed by atoms with Crippen molar-refractivity contribution in [3.8, 4) is 20.9 Å².